The van der Waals surface area contributed by atoms with Crippen molar-refractivity contribution < 1.29 is 18.1 Å². The van der Waals surface area contributed by atoms with E-state index in [0.29, 0.717) is 65.7 Å². The first-order valence-corrected chi connectivity index (χ1v) is 14.2. The second-order valence-corrected chi connectivity index (χ2v) is 11.5. The fourth-order valence-corrected chi connectivity index (χ4v) is 6.04. The Balaban J connectivity index is 1.50. The van der Waals surface area contributed by atoms with E-state index in [4.69, 9.17) is 9.52 Å². The summed E-state index contributed by atoms with van der Waals surface area (Å²) in [6, 6.07) is 9.40. The van der Waals surface area contributed by atoms with E-state index in [-0.39, 0.29) is 23.5 Å². The summed E-state index contributed by atoms with van der Waals surface area (Å²) in [6.07, 6.45) is 4.73. The molecule has 1 unspecified atom stereocenters. The maximum absolute atomic E-state index is 14.4. The van der Waals surface area contributed by atoms with E-state index in [1.165, 1.54) is 13.2 Å². The molecule has 4 bridgehead atoms. The number of benzene rings is 2. The van der Waals surface area contributed by atoms with Crippen LogP contribution in [0.3, 0.4) is 0 Å². The summed E-state index contributed by atoms with van der Waals surface area (Å²) < 4.78 is 41.4. The third-order valence-electron chi connectivity index (χ3n) is 6.59. The Morgan fingerprint density at radius 2 is 1.97 bits per heavy atom. The predicted octanol–water partition coefficient (Wildman–Crippen LogP) is 5.27. The molecule has 0 saturated carbocycles. The number of nitrogens with zero attached hydrogens (tertiary/aromatic N) is 3. The summed E-state index contributed by atoms with van der Waals surface area (Å²) in [5.74, 6) is 0.603. The molecule has 4 N–H and O–H groups in total. The topological polar surface area (TPSA) is 132 Å². The first kappa shape index (κ1) is 25.7. The average Bonchev–Trinajstić information content (AvgIpc) is 3.43. The number of fused-ring (bicyclic) bond motifs is 4. The number of carbonyl (C=O) groups excluding carboxylic acids is 1. The normalized spacial score (nSPS) is 19.3. The molecule has 2 aliphatic rings. The Hall–Kier alpha value is -3.93. The number of urea groups is 1. The highest BCUT2D eigenvalue weighted by Gasteiger charge is 2.20. The molecule has 2 aromatic carbocycles. The zero-order valence-corrected chi connectivity index (χ0v) is 21.9. The SMILES string of the molecule is COc1ccc(-c2cnc3nc2NCCCCS(=N)(=O)c2cc(NC(=O)N4CCCC4)cc(c2)N3)cc1F. The van der Waals surface area contributed by atoms with Gasteiger partial charge in [0.2, 0.25) is 5.95 Å². The highest BCUT2D eigenvalue weighted by Crippen LogP contribution is 2.32. The summed E-state index contributed by atoms with van der Waals surface area (Å²) in [5.41, 5.74) is 2.14. The molecule has 1 aromatic heterocycles. The maximum Gasteiger partial charge on any atom is 0.321 e. The van der Waals surface area contributed by atoms with Crippen LogP contribution in [-0.2, 0) is 9.73 Å². The molecule has 12 heteroatoms. The molecule has 3 heterocycles. The average molecular weight is 540 g/mol. The Bertz CT molecular complexity index is 1460. The summed E-state index contributed by atoms with van der Waals surface area (Å²) in [4.78, 5) is 23.8. The van der Waals surface area contributed by atoms with E-state index in [0.717, 1.165) is 12.8 Å². The van der Waals surface area contributed by atoms with Gasteiger partial charge in [0, 0.05) is 48.5 Å². The summed E-state index contributed by atoms with van der Waals surface area (Å²) in [7, 11) is -1.69. The van der Waals surface area contributed by atoms with Gasteiger partial charge in [-0.2, -0.15) is 4.98 Å². The third kappa shape index (κ3) is 5.64. The molecular formula is C26H30FN7O3S. The molecule has 0 aliphatic carbocycles. The van der Waals surface area contributed by atoms with E-state index >= 15 is 0 Å². The van der Waals surface area contributed by atoms with Gasteiger partial charge in [-0.05, 0) is 61.6 Å². The minimum atomic E-state index is -3.10. The number of hydrogen-bond donors (Lipinski definition) is 4. The zero-order valence-electron chi connectivity index (χ0n) is 21.1. The fourth-order valence-electron chi connectivity index (χ4n) is 4.56. The number of amides is 2. The summed E-state index contributed by atoms with van der Waals surface area (Å²) in [6.45, 7) is 1.91. The lowest BCUT2D eigenvalue weighted by Gasteiger charge is -2.18. The number of likely N-dealkylation sites (tertiary alicyclic amines) is 1. The number of carbonyl (C=O) groups is 1. The Kier molecular flexibility index (Phi) is 7.32. The van der Waals surface area contributed by atoms with Crippen LogP contribution in [-0.4, -0.2) is 57.6 Å². The lowest BCUT2D eigenvalue weighted by molar-refractivity contribution is 0.222. The largest absolute Gasteiger partial charge is 0.494 e. The molecule has 0 radical (unpaired) electrons. The van der Waals surface area contributed by atoms with Gasteiger partial charge >= 0.3 is 6.03 Å². The minimum absolute atomic E-state index is 0.146. The monoisotopic (exact) mass is 539 g/mol. The highest BCUT2D eigenvalue weighted by molar-refractivity contribution is 7.92. The van der Waals surface area contributed by atoms with Crippen LogP contribution in [0.5, 0.6) is 5.75 Å². The van der Waals surface area contributed by atoms with E-state index in [9.17, 15) is 13.4 Å². The van der Waals surface area contributed by atoms with Gasteiger partial charge in [-0.25, -0.2) is 23.2 Å². The van der Waals surface area contributed by atoms with Crippen LogP contribution in [0.15, 0.2) is 47.5 Å². The van der Waals surface area contributed by atoms with Crippen LogP contribution in [0, 0.1) is 10.6 Å². The highest BCUT2D eigenvalue weighted by atomic mass is 32.2. The Labute approximate surface area is 221 Å². The Morgan fingerprint density at radius 1 is 1.16 bits per heavy atom. The molecule has 0 spiro atoms. The van der Waals surface area contributed by atoms with Crippen LogP contribution in [0.25, 0.3) is 11.1 Å². The van der Waals surface area contributed by atoms with Crippen LogP contribution < -0.4 is 20.7 Å². The Morgan fingerprint density at radius 3 is 2.74 bits per heavy atom. The number of aromatic nitrogens is 2. The van der Waals surface area contributed by atoms with Gasteiger partial charge in [-0.3, -0.25) is 0 Å². The molecule has 1 atom stereocenters. The molecule has 1 saturated heterocycles. The fraction of sp³-hybridized carbons (Fsp3) is 0.346. The molecule has 200 valence electrons. The van der Waals surface area contributed by atoms with E-state index in [1.54, 1.807) is 41.4 Å². The van der Waals surface area contributed by atoms with Gasteiger partial charge in [0.15, 0.2) is 11.6 Å². The number of hydrogen-bond acceptors (Lipinski definition) is 8. The number of rotatable bonds is 3. The van der Waals surface area contributed by atoms with Crippen molar-refractivity contribution in [3.8, 4) is 16.9 Å². The molecule has 1 fully saturated rings. The molecular weight excluding hydrogens is 509 g/mol. The second kappa shape index (κ2) is 10.8. The molecule has 2 amide bonds. The molecule has 3 aromatic rings. The van der Waals surface area contributed by atoms with Gasteiger partial charge in [0.05, 0.1) is 21.7 Å². The van der Waals surface area contributed by atoms with Crippen molar-refractivity contribution in [2.24, 2.45) is 0 Å². The van der Waals surface area contributed by atoms with Gasteiger partial charge in [0.25, 0.3) is 0 Å². The van der Waals surface area contributed by atoms with Gasteiger partial charge in [-0.1, -0.05) is 6.07 Å². The summed E-state index contributed by atoms with van der Waals surface area (Å²) in [5, 5.41) is 9.29. The van der Waals surface area contributed by atoms with Gasteiger partial charge in [-0.15, -0.1) is 0 Å². The number of methoxy groups -OCH3 is 1. The predicted molar refractivity (Wildman–Crippen MR) is 145 cm³/mol. The molecule has 5 rings (SSSR count). The van der Waals surface area contributed by atoms with E-state index in [2.05, 4.69) is 25.9 Å². The van der Waals surface area contributed by atoms with Crippen molar-refractivity contribution in [3.63, 3.8) is 0 Å². The van der Waals surface area contributed by atoms with Crippen molar-refractivity contribution in [1.82, 2.24) is 14.9 Å². The van der Waals surface area contributed by atoms with Crippen molar-refractivity contribution in [1.29, 1.82) is 4.78 Å². The lowest BCUT2D eigenvalue weighted by atomic mass is 10.1. The number of anilines is 4. The molecule has 38 heavy (non-hydrogen) atoms. The summed E-state index contributed by atoms with van der Waals surface area (Å²) >= 11 is 0. The van der Waals surface area contributed by atoms with Crippen LogP contribution in [0.4, 0.5) is 32.3 Å². The van der Waals surface area contributed by atoms with Gasteiger partial charge < -0.3 is 25.6 Å². The first-order chi connectivity index (χ1) is 18.3. The molecule has 10 nitrogen and oxygen atoms in total. The van der Waals surface area contributed by atoms with Crippen molar-refractivity contribution in [3.05, 3.63) is 48.4 Å². The quantitative estimate of drug-likeness (QED) is 0.356. The van der Waals surface area contributed by atoms with E-state index in [1.807, 2.05) is 0 Å². The second-order valence-electron chi connectivity index (χ2n) is 9.31. The minimum Gasteiger partial charge on any atom is -0.494 e. The van der Waals surface area contributed by atoms with Crippen molar-refractivity contribution in [2.75, 3.05) is 48.4 Å². The van der Waals surface area contributed by atoms with Crippen LogP contribution in [0.2, 0.25) is 0 Å². The van der Waals surface area contributed by atoms with Gasteiger partial charge in [0.1, 0.15) is 5.82 Å². The lowest BCUT2D eigenvalue weighted by Crippen LogP contribution is -2.32. The maximum atomic E-state index is 14.4. The number of nitrogens with one attached hydrogen (secondary N) is 4. The first-order valence-electron chi connectivity index (χ1n) is 12.5. The zero-order chi connectivity index (χ0) is 26.7. The standard InChI is InChI=1S/C26H30FN7O3S/c1-37-23-7-6-17(12-22(23)27)21-16-30-25-31-18-13-19(32-26(35)34-9-3-4-10-34)15-20(14-18)38(28,36)11-5-2-8-29-24(21)33-25/h6-7,12-16,28H,2-5,8-11H2,1H3,(H,32,35)(H2,29,30,31,33). The smallest absolute Gasteiger partial charge is 0.321 e. The van der Waals surface area contributed by atoms with Crippen molar-refractivity contribution >= 4 is 38.9 Å². The number of ether oxygens (including phenoxy) is 1. The van der Waals surface area contributed by atoms with Crippen molar-refractivity contribution in [2.45, 2.75) is 30.6 Å². The van der Waals surface area contributed by atoms with E-state index < -0.39 is 15.5 Å². The van der Waals surface area contributed by atoms with Crippen LogP contribution in [0.1, 0.15) is 25.7 Å². The third-order valence-corrected chi connectivity index (χ3v) is 8.45. The number of halogens is 1. The molecule has 2 aliphatic heterocycles. The van der Waals surface area contributed by atoms with Crippen LogP contribution >= 0.6 is 0 Å².